The van der Waals surface area contributed by atoms with Crippen LogP contribution in [-0.4, -0.2) is 36.2 Å². The Morgan fingerprint density at radius 1 is 1.29 bits per heavy atom. The van der Waals surface area contributed by atoms with Crippen molar-refractivity contribution < 1.29 is 23.8 Å². The molecule has 0 unspecified atom stereocenters. The van der Waals surface area contributed by atoms with Crippen molar-refractivity contribution in [2.24, 2.45) is 0 Å². The average Bonchev–Trinajstić information content (AvgIpc) is 2.48. The molecule has 1 aromatic rings. The van der Waals surface area contributed by atoms with Crippen LogP contribution in [0.5, 0.6) is 0 Å². The number of ether oxygens (including phenoxy) is 1. The van der Waals surface area contributed by atoms with Gasteiger partial charge in [-0.2, -0.15) is 0 Å². The van der Waals surface area contributed by atoms with Crippen molar-refractivity contribution >= 4 is 11.9 Å². The number of hydrogen-bond donors (Lipinski definition) is 2. The van der Waals surface area contributed by atoms with Gasteiger partial charge in [0.15, 0.2) is 0 Å². The zero-order valence-corrected chi connectivity index (χ0v) is 11.8. The molecule has 1 saturated heterocycles. The van der Waals surface area contributed by atoms with Gasteiger partial charge in [-0.1, -0.05) is 12.1 Å². The molecule has 1 aromatic carbocycles. The molecule has 1 aliphatic heterocycles. The lowest BCUT2D eigenvalue weighted by Crippen LogP contribution is -2.52. The molecular formula is C15H18FNO4. The molecule has 1 atom stereocenters. The molecule has 114 valence electrons. The first-order chi connectivity index (χ1) is 9.95. The van der Waals surface area contributed by atoms with Gasteiger partial charge in [-0.05, 0) is 37.5 Å². The minimum Gasteiger partial charge on any atom is -0.480 e. The van der Waals surface area contributed by atoms with Gasteiger partial charge in [0.25, 0.3) is 0 Å². The Balaban J connectivity index is 2.30. The fraction of sp³-hybridized carbons (Fsp3) is 0.467. The SMILES string of the molecule is C[C@@H](NC(=O)C1(c2ccc(F)cc2)CCOCC1)C(=O)O. The molecule has 1 fully saturated rings. The number of carbonyl (C=O) groups excluding carboxylic acids is 1. The normalized spacial score (nSPS) is 18.8. The van der Waals surface area contributed by atoms with E-state index in [9.17, 15) is 14.0 Å². The van der Waals surface area contributed by atoms with E-state index in [0.717, 1.165) is 0 Å². The molecule has 0 aromatic heterocycles. The van der Waals surface area contributed by atoms with Gasteiger partial charge in [0.05, 0.1) is 5.41 Å². The minimum atomic E-state index is -1.09. The van der Waals surface area contributed by atoms with Gasteiger partial charge >= 0.3 is 5.97 Å². The topological polar surface area (TPSA) is 75.6 Å². The molecule has 2 rings (SSSR count). The van der Waals surface area contributed by atoms with Crippen LogP contribution in [0.1, 0.15) is 25.3 Å². The summed E-state index contributed by atoms with van der Waals surface area (Å²) < 4.78 is 18.4. The number of carbonyl (C=O) groups is 2. The quantitative estimate of drug-likeness (QED) is 0.882. The first kappa shape index (κ1) is 15.4. The second kappa shape index (κ2) is 6.22. The van der Waals surface area contributed by atoms with Crippen LogP contribution in [0.25, 0.3) is 0 Å². The molecule has 5 nitrogen and oxygen atoms in total. The van der Waals surface area contributed by atoms with Crippen LogP contribution < -0.4 is 5.32 Å². The van der Waals surface area contributed by atoms with Crippen LogP contribution in [0.4, 0.5) is 4.39 Å². The smallest absolute Gasteiger partial charge is 0.325 e. The molecule has 1 aliphatic rings. The van der Waals surface area contributed by atoms with Crippen molar-refractivity contribution in [3.63, 3.8) is 0 Å². The molecule has 0 radical (unpaired) electrons. The van der Waals surface area contributed by atoms with Gasteiger partial charge in [0.2, 0.25) is 5.91 Å². The minimum absolute atomic E-state index is 0.354. The Bertz CT molecular complexity index is 523. The highest BCUT2D eigenvalue weighted by Crippen LogP contribution is 2.35. The third-order valence-corrected chi connectivity index (χ3v) is 3.90. The number of hydrogen-bond acceptors (Lipinski definition) is 3. The highest BCUT2D eigenvalue weighted by atomic mass is 19.1. The summed E-state index contributed by atoms with van der Waals surface area (Å²) in [6.07, 6.45) is 0.883. The highest BCUT2D eigenvalue weighted by molar-refractivity contribution is 5.91. The van der Waals surface area contributed by atoms with Crippen molar-refractivity contribution in [2.75, 3.05) is 13.2 Å². The Morgan fingerprint density at radius 2 is 1.86 bits per heavy atom. The lowest BCUT2D eigenvalue weighted by atomic mass is 9.73. The second-order valence-corrected chi connectivity index (χ2v) is 5.23. The van der Waals surface area contributed by atoms with Crippen LogP contribution in [0.15, 0.2) is 24.3 Å². The summed E-state index contributed by atoms with van der Waals surface area (Å²) in [5.41, 5.74) is -0.183. The van der Waals surface area contributed by atoms with Crippen molar-refractivity contribution in [2.45, 2.75) is 31.2 Å². The highest BCUT2D eigenvalue weighted by Gasteiger charge is 2.42. The summed E-state index contributed by atoms with van der Waals surface area (Å²) in [5, 5.41) is 11.4. The van der Waals surface area contributed by atoms with E-state index in [2.05, 4.69) is 5.32 Å². The second-order valence-electron chi connectivity index (χ2n) is 5.23. The number of rotatable bonds is 4. The van der Waals surface area contributed by atoms with Crippen LogP contribution in [0, 0.1) is 5.82 Å². The van der Waals surface area contributed by atoms with Crippen LogP contribution in [0.3, 0.4) is 0 Å². The number of benzene rings is 1. The van der Waals surface area contributed by atoms with E-state index in [0.29, 0.717) is 31.6 Å². The first-order valence-corrected chi connectivity index (χ1v) is 6.83. The van der Waals surface area contributed by atoms with E-state index in [1.54, 1.807) is 12.1 Å². The number of carboxylic acids is 1. The van der Waals surface area contributed by atoms with Crippen molar-refractivity contribution in [3.05, 3.63) is 35.6 Å². The fourth-order valence-electron chi connectivity index (χ4n) is 2.53. The number of amides is 1. The first-order valence-electron chi connectivity index (χ1n) is 6.83. The zero-order valence-electron chi connectivity index (χ0n) is 11.8. The molecule has 1 amide bonds. The molecule has 0 spiro atoms. The lowest BCUT2D eigenvalue weighted by molar-refractivity contribution is -0.143. The van der Waals surface area contributed by atoms with Crippen molar-refractivity contribution in [1.29, 1.82) is 0 Å². The summed E-state index contributed by atoms with van der Waals surface area (Å²) in [6, 6.07) is 4.79. The van der Waals surface area contributed by atoms with Crippen LogP contribution >= 0.6 is 0 Å². The summed E-state index contributed by atoms with van der Waals surface area (Å²) in [4.78, 5) is 23.5. The van der Waals surface area contributed by atoms with Gasteiger partial charge in [-0.25, -0.2) is 4.39 Å². The van der Waals surface area contributed by atoms with E-state index in [1.165, 1.54) is 19.1 Å². The maximum Gasteiger partial charge on any atom is 0.325 e. The third-order valence-electron chi connectivity index (χ3n) is 3.90. The Hall–Kier alpha value is -1.95. The molecule has 1 heterocycles. The number of aliphatic carboxylic acids is 1. The van der Waals surface area contributed by atoms with E-state index in [1.807, 2.05) is 0 Å². The monoisotopic (exact) mass is 295 g/mol. The molecule has 0 saturated carbocycles. The summed E-state index contributed by atoms with van der Waals surface area (Å²) in [6.45, 7) is 2.23. The van der Waals surface area contributed by atoms with Gasteiger partial charge in [0, 0.05) is 13.2 Å². The van der Waals surface area contributed by atoms with Crippen LogP contribution in [0.2, 0.25) is 0 Å². The van der Waals surface area contributed by atoms with E-state index in [4.69, 9.17) is 9.84 Å². The maximum atomic E-state index is 13.1. The van der Waals surface area contributed by atoms with E-state index < -0.39 is 17.4 Å². The van der Waals surface area contributed by atoms with E-state index >= 15 is 0 Å². The van der Waals surface area contributed by atoms with Gasteiger partial charge in [0.1, 0.15) is 11.9 Å². The summed E-state index contributed by atoms with van der Waals surface area (Å²) >= 11 is 0. The number of halogens is 1. The molecule has 0 aliphatic carbocycles. The molecule has 6 heteroatoms. The molecule has 0 bridgehead atoms. The predicted octanol–water partition coefficient (Wildman–Crippen LogP) is 1.46. The Morgan fingerprint density at radius 3 is 2.38 bits per heavy atom. The van der Waals surface area contributed by atoms with Crippen molar-refractivity contribution in [1.82, 2.24) is 5.32 Å². The third kappa shape index (κ3) is 3.21. The zero-order chi connectivity index (χ0) is 15.5. The molecular weight excluding hydrogens is 277 g/mol. The largest absolute Gasteiger partial charge is 0.480 e. The van der Waals surface area contributed by atoms with Crippen LogP contribution in [-0.2, 0) is 19.7 Å². The Kier molecular flexibility index (Phi) is 4.57. The van der Waals surface area contributed by atoms with Gasteiger partial charge in [-0.15, -0.1) is 0 Å². The maximum absolute atomic E-state index is 13.1. The summed E-state index contributed by atoms with van der Waals surface area (Å²) in [7, 11) is 0. The van der Waals surface area contributed by atoms with Gasteiger partial charge < -0.3 is 15.2 Å². The Labute approximate surface area is 122 Å². The van der Waals surface area contributed by atoms with Crippen molar-refractivity contribution in [3.8, 4) is 0 Å². The number of carboxylic acid groups (broad SMARTS) is 1. The average molecular weight is 295 g/mol. The number of nitrogens with one attached hydrogen (secondary N) is 1. The summed E-state index contributed by atoms with van der Waals surface area (Å²) in [5.74, 6) is -1.82. The van der Waals surface area contributed by atoms with E-state index in [-0.39, 0.29) is 11.7 Å². The molecule has 21 heavy (non-hydrogen) atoms. The molecule has 2 N–H and O–H groups in total. The predicted molar refractivity (Wildman–Crippen MR) is 73.4 cm³/mol. The lowest BCUT2D eigenvalue weighted by Gasteiger charge is -2.36. The standard InChI is InChI=1S/C15H18FNO4/c1-10(13(18)19)17-14(20)15(6-8-21-9-7-15)11-2-4-12(16)5-3-11/h2-5,10H,6-9H2,1H3,(H,17,20)(H,18,19)/t10-/m1/s1. The fourth-order valence-corrected chi connectivity index (χ4v) is 2.53. The van der Waals surface area contributed by atoms with Gasteiger partial charge in [-0.3, -0.25) is 9.59 Å².